The van der Waals surface area contributed by atoms with Crippen LogP contribution in [0.4, 0.5) is 0 Å². The number of pyridine rings is 1. The van der Waals surface area contributed by atoms with Gasteiger partial charge in [0.2, 0.25) is 0 Å². The summed E-state index contributed by atoms with van der Waals surface area (Å²) in [5, 5.41) is 6.65. The van der Waals surface area contributed by atoms with Crippen LogP contribution >= 0.6 is 24.0 Å². The highest BCUT2D eigenvalue weighted by atomic mass is 127. The van der Waals surface area contributed by atoms with E-state index in [0.29, 0.717) is 13.1 Å². The third-order valence-corrected chi connectivity index (χ3v) is 3.90. The van der Waals surface area contributed by atoms with Gasteiger partial charge in [0.25, 0.3) is 0 Å². The first-order valence-electron chi connectivity index (χ1n) is 8.71. The summed E-state index contributed by atoms with van der Waals surface area (Å²) >= 11 is 0. The van der Waals surface area contributed by atoms with E-state index in [2.05, 4.69) is 65.6 Å². The number of rotatable bonds is 7. The monoisotopic (exact) mass is 468 g/mol. The lowest BCUT2D eigenvalue weighted by Gasteiger charge is -2.15. The van der Waals surface area contributed by atoms with Crippen molar-refractivity contribution in [3.05, 3.63) is 58.9 Å². The average molecular weight is 468 g/mol. The number of nitrogens with one attached hydrogen (secondary N) is 2. The van der Waals surface area contributed by atoms with E-state index in [9.17, 15) is 0 Å². The molecule has 0 aliphatic rings. The Bertz CT molecular complexity index is 719. The van der Waals surface area contributed by atoms with Crippen LogP contribution in [-0.4, -0.2) is 24.6 Å². The molecule has 1 heterocycles. The van der Waals surface area contributed by atoms with E-state index < -0.39 is 0 Å². The van der Waals surface area contributed by atoms with E-state index in [-0.39, 0.29) is 24.0 Å². The second-order valence-electron chi connectivity index (χ2n) is 6.01. The van der Waals surface area contributed by atoms with Gasteiger partial charge in [-0.1, -0.05) is 25.1 Å². The van der Waals surface area contributed by atoms with E-state index in [1.165, 1.54) is 11.1 Å². The number of benzene rings is 1. The van der Waals surface area contributed by atoms with Crippen LogP contribution in [0.15, 0.2) is 41.5 Å². The molecule has 1 aromatic carbocycles. The van der Waals surface area contributed by atoms with Gasteiger partial charge in [-0.15, -0.1) is 24.0 Å². The molecule has 2 rings (SSSR count). The lowest BCUT2D eigenvalue weighted by molar-refractivity contribution is 0.313. The number of hydrogen-bond acceptors (Lipinski definition) is 3. The van der Waals surface area contributed by atoms with E-state index in [1.807, 2.05) is 12.3 Å². The van der Waals surface area contributed by atoms with Crippen molar-refractivity contribution in [1.82, 2.24) is 15.6 Å². The standard InChI is InChI=1S/C20H28N4O.HI/c1-5-11-25-19-12-15(2)8-9-17(19)13-23-20(21-4)24-14-18-16(3)7-6-10-22-18;/h6-10,12H,5,11,13-14H2,1-4H3,(H2,21,23,24);1H. The first-order chi connectivity index (χ1) is 12.1. The predicted octanol–water partition coefficient (Wildman–Crippen LogP) is 3.97. The fourth-order valence-corrected chi connectivity index (χ4v) is 2.42. The highest BCUT2D eigenvalue weighted by Gasteiger charge is 2.06. The first-order valence-corrected chi connectivity index (χ1v) is 8.71. The maximum absolute atomic E-state index is 5.87. The largest absolute Gasteiger partial charge is 0.493 e. The van der Waals surface area contributed by atoms with Crippen LogP contribution < -0.4 is 15.4 Å². The molecular weight excluding hydrogens is 439 g/mol. The van der Waals surface area contributed by atoms with Crippen LogP contribution in [0, 0.1) is 13.8 Å². The molecule has 0 bridgehead atoms. The molecule has 0 aliphatic carbocycles. The van der Waals surface area contributed by atoms with Crippen LogP contribution in [-0.2, 0) is 13.1 Å². The maximum Gasteiger partial charge on any atom is 0.191 e. The second-order valence-corrected chi connectivity index (χ2v) is 6.01. The zero-order chi connectivity index (χ0) is 18.1. The quantitative estimate of drug-likeness (QED) is 0.367. The summed E-state index contributed by atoms with van der Waals surface area (Å²) in [4.78, 5) is 8.68. The average Bonchev–Trinajstić information content (AvgIpc) is 2.62. The van der Waals surface area contributed by atoms with Crippen molar-refractivity contribution >= 4 is 29.9 Å². The van der Waals surface area contributed by atoms with Crippen molar-refractivity contribution in [3.8, 4) is 5.75 Å². The fourth-order valence-electron chi connectivity index (χ4n) is 2.42. The third kappa shape index (κ3) is 6.82. The highest BCUT2D eigenvalue weighted by molar-refractivity contribution is 14.0. The van der Waals surface area contributed by atoms with E-state index in [4.69, 9.17) is 4.74 Å². The van der Waals surface area contributed by atoms with Gasteiger partial charge < -0.3 is 15.4 Å². The summed E-state index contributed by atoms with van der Waals surface area (Å²) in [5.74, 6) is 1.68. The molecule has 0 saturated carbocycles. The van der Waals surface area contributed by atoms with Gasteiger partial charge in [0.15, 0.2) is 5.96 Å². The van der Waals surface area contributed by atoms with Gasteiger partial charge in [0.1, 0.15) is 5.75 Å². The molecule has 1 aromatic heterocycles. The molecule has 6 heteroatoms. The number of aliphatic imine (C=N–C) groups is 1. The van der Waals surface area contributed by atoms with Crippen molar-refractivity contribution in [2.24, 2.45) is 4.99 Å². The van der Waals surface area contributed by atoms with E-state index >= 15 is 0 Å². The molecule has 0 spiro atoms. The molecule has 0 fully saturated rings. The molecular formula is C20H29IN4O. The zero-order valence-electron chi connectivity index (χ0n) is 16.0. The fraction of sp³-hybridized carbons (Fsp3) is 0.400. The summed E-state index contributed by atoms with van der Waals surface area (Å²) in [6.45, 7) is 8.26. The number of guanidine groups is 1. The molecule has 0 unspecified atom stereocenters. The molecule has 142 valence electrons. The van der Waals surface area contributed by atoms with Crippen molar-refractivity contribution < 1.29 is 4.74 Å². The van der Waals surface area contributed by atoms with Gasteiger partial charge in [0.05, 0.1) is 18.8 Å². The minimum absolute atomic E-state index is 0. The van der Waals surface area contributed by atoms with Gasteiger partial charge in [-0.25, -0.2) is 0 Å². The molecule has 2 aromatic rings. The minimum atomic E-state index is 0. The Hall–Kier alpha value is -1.83. The number of hydrogen-bond donors (Lipinski definition) is 2. The van der Waals surface area contributed by atoms with E-state index in [1.54, 1.807) is 7.05 Å². The van der Waals surface area contributed by atoms with Gasteiger partial charge in [-0.3, -0.25) is 9.98 Å². The normalized spacial score (nSPS) is 10.8. The van der Waals surface area contributed by atoms with Crippen LogP contribution in [0.1, 0.15) is 35.7 Å². The smallest absolute Gasteiger partial charge is 0.191 e. The number of nitrogens with zero attached hydrogens (tertiary/aromatic N) is 2. The van der Waals surface area contributed by atoms with Crippen LogP contribution in [0.2, 0.25) is 0 Å². The molecule has 0 amide bonds. The Morgan fingerprint density at radius 3 is 2.62 bits per heavy atom. The Labute approximate surface area is 173 Å². The minimum Gasteiger partial charge on any atom is -0.493 e. The van der Waals surface area contributed by atoms with Gasteiger partial charge >= 0.3 is 0 Å². The number of aromatic nitrogens is 1. The Kier molecular flexibility index (Phi) is 10.0. The predicted molar refractivity (Wildman–Crippen MR) is 118 cm³/mol. The third-order valence-electron chi connectivity index (χ3n) is 3.90. The topological polar surface area (TPSA) is 58.5 Å². The molecule has 0 atom stereocenters. The molecule has 5 nitrogen and oxygen atoms in total. The Balaban J connectivity index is 0.00000338. The summed E-state index contributed by atoms with van der Waals surface area (Å²) in [7, 11) is 1.77. The van der Waals surface area contributed by atoms with Gasteiger partial charge in [-0.2, -0.15) is 0 Å². The van der Waals surface area contributed by atoms with E-state index in [0.717, 1.165) is 36.0 Å². The number of aryl methyl sites for hydroxylation is 2. The maximum atomic E-state index is 5.87. The summed E-state index contributed by atoms with van der Waals surface area (Å²) in [5.41, 5.74) is 4.51. The van der Waals surface area contributed by atoms with Gasteiger partial charge in [0, 0.05) is 25.4 Å². The van der Waals surface area contributed by atoms with Crippen molar-refractivity contribution in [2.75, 3.05) is 13.7 Å². The molecule has 0 aliphatic heterocycles. The second kappa shape index (κ2) is 11.7. The SMILES string of the molecule is CCCOc1cc(C)ccc1CNC(=NC)NCc1ncccc1C.I. The van der Waals surface area contributed by atoms with Crippen molar-refractivity contribution in [3.63, 3.8) is 0 Å². The van der Waals surface area contributed by atoms with Crippen LogP contribution in [0.25, 0.3) is 0 Å². The lowest BCUT2D eigenvalue weighted by Crippen LogP contribution is -2.36. The van der Waals surface area contributed by atoms with Gasteiger partial charge in [-0.05, 0) is 43.5 Å². The lowest BCUT2D eigenvalue weighted by atomic mass is 10.1. The highest BCUT2D eigenvalue weighted by Crippen LogP contribution is 2.20. The van der Waals surface area contributed by atoms with Crippen LogP contribution in [0.5, 0.6) is 5.75 Å². The molecule has 0 saturated heterocycles. The Morgan fingerprint density at radius 2 is 1.92 bits per heavy atom. The molecule has 0 radical (unpaired) electrons. The first kappa shape index (κ1) is 22.2. The number of ether oxygens (including phenoxy) is 1. The van der Waals surface area contributed by atoms with Crippen molar-refractivity contribution in [2.45, 2.75) is 40.3 Å². The summed E-state index contributed by atoms with van der Waals surface area (Å²) in [6, 6.07) is 10.3. The summed E-state index contributed by atoms with van der Waals surface area (Å²) in [6.07, 6.45) is 2.80. The van der Waals surface area contributed by atoms with Crippen molar-refractivity contribution in [1.29, 1.82) is 0 Å². The summed E-state index contributed by atoms with van der Waals surface area (Å²) < 4.78 is 5.87. The Morgan fingerprint density at radius 1 is 1.15 bits per heavy atom. The van der Waals surface area contributed by atoms with Crippen LogP contribution in [0.3, 0.4) is 0 Å². The zero-order valence-corrected chi connectivity index (χ0v) is 18.3. The number of halogens is 1. The molecule has 2 N–H and O–H groups in total. The molecule has 26 heavy (non-hydrogen) atoms.